The van der Waals surface area contributed by atoms with Gasteiger partial charge >= 0.3 is 0 Å². The SMILES string of the molecule is Nc1[nH]cc2cc(NC(=O)[C@H](O)[C@H]3OCCN(c4ccc5cccnc5c4)C3=O)ccc12. The zero-order valence-corrected chi connectivity index (χ0v) is 17.0. The Balaban J connectivity index is 1.33. The Kier molecular flexibility index (Phi) is 4.96. The van der Waals surface area contributed by atoms with Gasteiger partial charge in [0.05, 0.1) is 12.1 Å². The van der Waals surface area contributed by atoms with Crippen LogP contribution in [0.15, 0.2) is 60.9 Å². The largest absolute Gasteiger partial charge is 0.385 e. The van der Waals surface area contributed by atoms with Crippen molar-refractivity contribution in [2.75, 3.05) is 29.1 Å². The van der Waals surface area contributed by atoms with Crippen LogP contribution in [0.4, 0.5) is 17.2 Å². The van der Waals surface area contributed by atoms with Crippen molar-refractivity contribution in [3.63, 3.8) is 0 Å². The maximum absolute atomic E-state index is 13.1. The summed E-state index contributed by atoms with van der Waals surface area (Å²) >= 11 is 0. The second-order valence-electron chi connectivity index (χ2n) is 7.60. The number of aliphatic hydroxyl groups excluding tert-OH is 1. The standard InChI is InChI=1S/C23H21N5O4/c24-21-17-6-4-15(10-14(17)12-26-21)27-22(30)19(29)20-23(31)28(8-9-32-20)16-5-3-13-2-1-7-25-18(13)11-16/h1-7,10-12,19-20,26,29H,8-9,24H2,(H,27,30)/t19-,20-/m1/s1. The number of carbonyl (C=O) groups excluding carboxylic acids is 2. The third-order valence-corrected chi connectivity index (χ3v) is 5.57. The summed E-state index contributed by atoms with van der Waals surface area (Å²) in [5.74, 6) is -0.681. The number of ether oxygens (including phenoxy) is 1. The molecule has 2 aromatic heterocycles. The number of amides is 2. The molecule has 1 fully saturated rings. The van der Waals surface area contributed by atoms with Gasteiger partial charge in [0.2, 0.25) is 0 Å². The highest BCUT2D eigenvalue weighted by Crippen LogP contribution is 2.26. The number of fused-ring (bicyclic) bond motifs is 2. The van der Waals surface area contributed by atoms with Crippen molar-refractivity contribution in [3.8, 4) is 0 Å². The molecule has 0 saturated carbocycles. The van der Waals surface area contributed by atoms with Crippen LogP contribution >= 0.6 is 0 Å². The van der Waals surface area contributed by atoms with Crippen molar-refractivity contribution in [2.45, 2.75) is 12.2 Å². The lowest BCUT2D eigenvalue weighted by molar-refractivity contribution is -0.150. The predicted octanol–water partition coefficient (Wildman–Crippen LogP) is 2.03. The maximum atomic E-state index is 13.1. The number of nitrogens with two attached hydrogens (primary N) is 1. The molecule has 5 N–H and O–H groups in total. The number of aliphatic hydroxyl groups is 1. The summed E-state index contributed by atoms with van der Waals surface area (Å²) in [6.45, 7) is 0.503. The normalized spacial score (nSPS) is 17.6. The van der Waals surface area contributed by atoms with E-state index in [0.29, 0.717) is 23.7 Å². The molecule has 2 amide bonds. The molecule has 9 heteroatoms. The summed E-state index contributed by atoms with van der Waals surface area (Å²) in [7, 11) is 0. The van der Waals surface area contributed by atoms with Crippen molar-refractivity contribution in [1.82, 2.24) is 9.97 Å². The predicted molar refractivity (Wildman–Crippen MR) is 121 cm³/mol. The van der Waals surface area contributed by atoms with Gasteiger partial charge < -0.3 is 30.8 Å². The van der Waals surface area contributed by atoms with Crippen LogP contribution in [0.5, 0.6) is 0 Å². The number of anilines is 3. The van der Waals surface area contributed by atoms with Gasteiger partial charge in [-0.3, -0.25) is 14.6 Å². The third-order valence-electron chi connectivity index (χ3n) is 5.57. The number of hydrogen-bond acceptors (Lipinski definition) is 6. The molecular weight excluding hydrogens is 410 g/mol. The number of H-pyrrole nitrogens is 1. The number of morpholine rings is 1. The van der Waals surface area contributed by atoms with E-state index in [1.807, 2.05) is 24.3 Å². The van der Waals surface area contributed by atoms with Gasteiger partial charge in [-0.25, -0.2) is 0 Å². The van der Waals surface area contributed by atoms with E-state index in [1.165, 1.54) is 4.90 Å². The zero-order valence-electron chi connectivity index (χ0n) is 17.0. The first-order valence-electron chi connectivity index (χ1n) is 10.1. The number of hydrogen-bond donors (Lipinski definition) is 4. The topological polar surface area (TPSA) is 134 Å². The summed E-state index contributed by atoms with van der Waals surface area (Å²) in [5.41, 5.74) is 7.69. The molecule has 0 aliphatic carbocycles. The number of nitrogen functional groups attached to an aromatic ring is 1. The number of nitrogens with one attached hydrogen (secondary N) is 2. The lowest BCUT2D eigenvalue weighted by Crippen LogP contribution is -2.55. The fourth-order valence-corrected chi connectivity index (χ4v) is 3.90. The zero-order chi connectivity index (χ0) is 22.2. The first-order valence-corrected chi connectivity index (χ1v) is 10.1. The molecule has 2 atom stereocenters. The van der Waals surface area contributed by atoms with Crippen LogP contribution in [0.1, 0.15) is 0 Å². The Bertz CT molecular complexity index is 1330. The first kappa shape index (κ1) is 20.0. The number of aromatic amines is 1. The number of pyridine rings is 1. The minimum Gasteiger partial charge on any atom is -0.385 e. The first-order chi connectivity index (χ1) is 15.5. The molecule has 1 aliphatic heterocycles. The van der Waals surface area contributed by atoms with E-state index in [9.17, 15) is 14.7 Å². The van der Waals surface area contributed by atoms with Gasteiger partial charge in [0.15, 0.2) is 12.2 Å². The van der Waals surface area contributed by atoms with Gasteiger partial charge in [-0.1, -0.05) is 12.1 Å². The van der Waals surface area contributed by atoms with Crippen molar-refractivity contribution < 1.29 is 19.4 Å². The van der Waals surface area contributed by atoms with Crippen LogP contribution in [0.25, 0.3) is 21.7 Å². The van der Waals surface area contributed by atoms with Crippen LogP contribution in [0.2, 0.25) is 0 Å². The molecule has 0 radical (unpaired) electrons. The van der Waals surface area contributed by atoms with Gasteiger partial charge in [0, 0.05) is 46.5 Å². The highest BCUT2D eigenvalue weighted by Gasteiger charge is 2.39. The minimum atomic E-state index is -1.67. The fourth-order valence-electron chi connectivity index (χ4n) is 3.90. The molecule has 0 bridgehead atoms. The van der Waals surface area contributed by atoms with Crippen molar-refractivity contribution in [2.24, 2.45) is 0 Å². The summed E-state index contributed by atoms with van der Waals surface area (Å²) in [6, 6.07) is 14.4. The number of aromatic nitrogens is 2. The Labute approximate surface area is 182 Å². The average Bonchev–Trinajstić information content (AvgIpc) is 3.18. The Hall–Kier alpha value is -3.95. The van der Waals surface area contributed by atoms with Gasteiger partial charge in [-0.2, -0.15) is 0 Å². The molecule has 0 unspecified atom stereocenters. The summed E-state index contributed by atoms with van der Waals surface area (Å²) in [4.78, 5) is 34.5. The quantitative estimate of drug-likeness (QED) is 0.391. The van der Waals surface area contributed by atoms with Crippen LogP contribution in [-0.4, -0.2) is 52.2 Å². The van der Waals surface area contributed by atoms with E-state index in [1.54, 1.807) is 36.7 Å². The molecule has 5 rings (SSSR count). The Morgan fingerprint density at radius 3 is 3.00 bits per heavy atom. The van der Waals surface area contributed by atoms with E-state index in [2.05, 4.69) is 15.3 Å². The summed E-state index contributed by atoms with van der Waals surface area (Å²) in [6.07, 6.45) is 0.426. The number of carbonyl (C=O) groups is 2. The van der Waals surface area contributed by atoms with E-state index in [0.717, 1.165) is 21.7 Å². The molecule has 32 heavy (non-hydrogen) atoms. The van der Waals surface area contributed by atoms with E-state index in [4.69, 9.17) is 10.5 Å². The van der Waals surface area contributed by atoms with Crippen LogP contribution < -0.4 is 16.0 Å². The van der Waals surface area contributed by atoms with Crippen LogP contribution in [-0.2, 0) is 14.3 Å². The highest BCUT2D eigenvalue weighted by molar-refractivity contribution is 6.05. The van der Waals surface area contributed by atoms with Crippen LogP contribution in [0.3, 0.4) is 0 Å². The molecule has 0 spiro atoms. The Morgan fingerprint density at radius 1 is 1.25 bits per heavy atom. The lowest BCUT2D eigenvalue weighted by Gasteiger charge is -2.34. The van der Waals surface area contributed by atoms with Gasteiger partial charge in [-0.15, -0.1) is 0 Å². The van der Waals surface area contributed by atoms with Gasteiger partial charge in [0.1, 0.15) is 5.82 Å². The van der Waals surface area contributed by atoms with Gasteiger partial charge in [0.25, 0.3) is 11.8 Å². The van der Waals surface area contributed by atoms with Gasteiger partial charge in [-0.05, 0) is 36.4 Å². The second-order valence-corrected chi connectivity index (χ2v) is 7.60. The molecule has 1 saturated heterocycles. The lowest BCUT2D eigenvalue weighted by atomic mass is 10.1. The Morgan fingerprint density at radius 2 is 2.12 bits per heavy atom. The van der Waals surface area contributed by atoms with E-state index < -0.39 is 24.0 Å². The monoisotopic (exact) mass is 431 g/mol. The summed E-state index contributed by atoms with van der Waals surface area (Å²) in [5, 5.41) is 15.8. The van der Waals surface area contributed by atoms with Crippen molar-refractivity contribution in [3.05, 3.63) is 60.9 Å². The average molecular weight is 431 g/mol. The maximum Gasteiger partial charge on any atom is 0.259 e. The molecule has 162 valence electrons. The second kappa shape index (κ2) is 7.95. The third kappa shape index (κ3) is 3.53. The summed E-state index contributed by atoms with van der Waals surface area (Å²) < 4.78 is 5.48. The smallest absolute Gasteiger partial charge is 0.259 e. The molecule has 9 nitrogen and oxygen atoms in total. The molecule has 3 heterocycles. The van der Waals surface area contributed by atoms with Crippen molar-refractivity contribution in [1.29, 1.82) is 0 Å². The van der Waals surface area contributed by atoms with E-state index in [-0.39, 0.29) is 6.61 Å². The molecular formula is C23H21N5O4. The number of benzene rings is 2. The number of nitrogens with zero attached hydrogens (tertiary/aromatic N) is 2. The fraction of sp³-hybridized carbons (Fsp3) is 0.174. The number of rotatable bonds is 4. The highest BCUT2D eigenvalue weighted by atomic mass is 16.5. The van der Waals surface area contributed by atoms with Crippen molar-refractivity contribution >= 4 is 50.7 Å². The minimum absolute atomic E-state index is 0.190. The molecule has 1 aliphatic rings. The molecule has 4 aromatic rings. The van der Waals surface area contributed by atoms with Crippen LogP contribution in [0, 0.1) is 0 Å². The van der Waals surface area contributed by atoms with E-state index >= 15 is 0 Å². The molecule has 2 aromatic carbocycles.